The number of esters is 1. The molecule has 29 heavy (non-hydrogen) atoms. The minimum Gasteiger partial charge on any atom is -0.497 e. The van der Waals surface area contributed by atoms with Crippen LogP contribution in [0.25, 0.3) is 0 Å². The number of carbonyl (C=O) groups is 3. The molecule has 0 N–H and O–H groups in total. The van der Waals surface area contributed by atoms with E-state index in [0.717, 1.165) is 6.42 Å². The van der Waals surface area contributed by atoms with Crippen LogP contribution in [0, 0.1) is 23.7 Å². The van der Waals surface area contributed by atoms with Gasteiger partial charge in [0.25, 0.3) is 0 Å². The summed E-state index contributed by atoms with van der Waals surface area (Å²) in [5.74, 6) is 0.0192. The summed E-state index contributed by atoms with van der Waals surface area (Å²) >= 11 is 0. The Kier molecular flexibility index (Phi) is 4.01. The molecule has 1 heterocycles. The van der Waals surface area contributed by atoms with Gasteiger partial charge >= 0.3 is 5.97 Å². The quantitative estimate of drug-likeness (QED) is 0.347. The molecule has 2 bridgehead atoms. The Morgan fingerprint density at radius 2 is 1.59 bits per heavy atom. The lowest BCUT2D eigenvalue weighted by atomic mass is 9.85. The van der Waals surface area contributed by atoms with Crippen LogP contribution in [0.3, 0.4) is 0 Å². The van der Waals surface area contributed by atoms with Crippen molar-refractivity contribution in [3.8, 4) is 11.5 Å². The molecule has 6 heteroatoms. The summed E-state index contributed by atoms with van der Waals surface area (Å²) in [6, 6.07) is 13.2. The first kappa shape index (κ1) is 17.7. The number of nitrogens with zero attached hydrogens (tertiary/aromatic N) is 1. The zero-order valence-electron chi connectivity index (χ0n) is 15.8. The number of allylic oxidation sites excluding steroid dienone is 2. The topological polar surface area (TPSA) is 72.9 Å². The van der Waals surface area contributed by atoms with Gasteiger partial charge in [-0.25, -0.2) is 4.79 Å². The van der Waals surface area contributed by atoms with Crippen molar-refractivity contribution in [2.24, 2.45) is 23.7 Å². The number of benzene rings is 2. The van der Waals surface area contributed by atoms with Crippen LogP contribution < -0.4 is 14.4 Å². The highest BCUT2D eigenvalue weighted by atomic mass is 16.5. The number of amides is 2. The zero-order valence-corrected chi connectivity index (χ0v) is 15.8. The van der Waals surface area contributed by atoms with Gasteiger partial charge in [0.2, 0.25) is 11.8 Å². The maximum atomic E-state index is 12.9. The van der Waals surface area contributed by atoms with E-state index in [0.29, 0.717) is 22.7 Å². The molecule has 146 valence electrons. The lowest BCUT2D eigenvalue weighted by molar-refractivity contribution is -0.123. The highest BCUT2D eigenvalue weighted by Gasteiger charge is 2.59. The summed E-state index contributed by atoms with van der Waals surface area (Å²) in [6.45, 7) is 0. The summed E-state index contributed by atoms with van der Waals surface area (Å²) in [6.07, 6.45) is 5.04. The second kappa shape index (κ2) is 6.58. The van der Waals surface area contributed by atoms with Crippen molar-refractivity contribution < 1.29 is 23.9 Å². The van der Waals surface area contributed by atoms with E-state index in [1.807, 2.05) is 0 Å². The molecule has 2 fully saturated rings. The van der Waals surface area contributed by atoms with Gasteiger partial charge in [-0.1, -0.05) is 18.2 Å². The molecule has 2 aliphatic carbocycles. The molecule has 3 aliphatic rings. The standard InChI is InChI=1S/C23H19NO5/c1-28-18-4-2-3-15(12-18)23(27)29-17-9-7-16(8-10-17)24-21(25)19-13-5-6-14(11-13)20(19)22(24)26/h2-10,12-14,19-20H,11H2,1H3/t13-,14+,19-,20+. The lowest BCUT2D eigenvalue weighted by Gasteiger charge is -2.17. The number of imide groups is 1. The molecular weight excluding hydrogens is 370 g/mol. The Morgan fingerprint density at radius 3 is 2.21 bits per heavy atom. The van der Waals surface area contributed by atoms with E-state index < -0.39 is 5.97 Å². The minimum atomic E-state index is -0.512. The molecular formula is C23H19NO5. The van der Waals surface area contributed by atoms with Crippen LogP contribution in [0.5, 0.6) is 11.5 Å². The van der Waals surface area contributed by atoms with Gasteiger partial charge in [-0.15, -0.1) is 0 Å². The Hall–Kier alpha value is -3.41. The van der Waals surface area contributed by atoms with Crippen LogP contribution in [0.15, 0.2) is 60.7 Å². The lowest BCUT2D eigenvalue weighted by Crippen LogP contribution is -2.32. The van der Waals surface area contributed by atoms with Gasteiger partial charge in [0.05, 0.1) is 30.2 Å². The van der Waals surface area contributed by atoms with Crippen LogP contribution in [-0.4, -0.2) is 24.9 Å². The molecule has 1 saturated carbocycles. The molecule has 2 aromatic rings. The van der Waals surface area contributed by atoms with E-state index in [2.05, 4.69) is 12.2 Å². The van der Waals surface area contributed by atoms with E-state index in [9.17, 15) is 14.4 Å². The van der Waals surface area contributed by atoms with Gasteiger partial charge in [-0.3, -0.25) is 14.5 Å². The van der Waals surface area contributed by atoms with Gasteiger partial charge in [-0.05, 0) is 60.7 Å². The van der Waals surface area contributed by atoms with Gasteiger partial charge in [0.1, 0.15) is 11.5 Å². The number of carbonyl (C=O) groups excluding carboxylic acids is 3. The molecule has 2 aromatic carbocycles. The van der Waals surface area contributed by atoms with E-state index in [1.165, 1.54) is 12.0 Å². The number of ether oxygens (including phenoxy) is 2. The van der Waals surface area contributed by atoms with Crippen molar-refractivity contribution in [2.75, 3.05) is 12.0 Å². The first-order chi connectivity index (χ1) is 14.1. The fourth-order valence-electron chi connectivity index (χ4n) is 4.74. The van der Waals surface area contributed by atoms with Crippen molar-refractivity contribution >= 4 is 23.5 Å². The second-order valence-electron chi connectivity index (χ2n) is 7.63. The number of anilines is 1. The van der Waals surface area contributed by atoms with Gasteiger partial charge in [0, 0.05) is 0 Å². The number of hydrogen-bond donors (Lipinski definition) is 0. The average Bonchev–Trinajstić information content (AvgIpc) is 3.43. The summed E-state index contributed by atoms with van der Waals surface area (Å²) in [4.78, 5) is 39.4. The van der Waals surface area contributed by atoms with Crippen molar-refractivity contribution in [1.82, 2.24) is 0 Å². The van der Waals surface area contributed by atoms with Crippen LogP contribution in [0.2, 0.25) is 0 Å². The van der Waals surface area contributed by atoms with Crippen LogP contribution in [-0.2, 0) is 9.59 Å². The Balaban J connectivity index is 1.32. The number of methoxy groups -OCH3 is 1. The smallest absolute Gasteiger partial charge is 0.343 e. The van der Waals surface area contributed by atoms with Gasteiger partial charge in [0.15, 0.2) is 0 Å². The highest BCUT2D eigenvalue weighted by molar-refractivity contribution is 6.22. The molecule has 0 radical (unpaired) electrons. The number of fused-ring (bicyclic) bond motifs is 5. The summed E-state index contributed by atoms with van der Waals surface area (Å²) in [7, 11) is 1.53. The molecule has 4 atom stereocenters. The van der Waals surface area contributed by atoms with Crippen molar-refractivity contribution in [2.45, 2.75) is 6.42 Å². The number of hydrogen-bond acceptors (Lipinski definition) is 5. The SMILES string of the molecule is COc1cccc(C(=O)Oc2ccc(N3C(=O)[C@@H]4[C@H](C3=O)[C@@H]3C=C[C@H]4C3)cc2)c1. The first-order valence-electron chi connectivity index (χ1n) is 9.59. The fraction of sp³-hybridized carbons (Fsp3) is 0.261. The van der Waals surface area contributed by atoms with Gasteiger partial charge in [-0.2, -0.15) is 0 Å². The van der Waals surface area contributed by atoms with Crippen molar-refractivity contribution in [3.05, 3.63) is 66.2 Å². The monoisotopic (exact) mass is 389 g/mol. The fourth-order valence-corrected chi connectivity index (χ4v) is 4.74. The zero-order chi connectivity index (χ0) is 20.1. The molecule has 0 spiro atoms. The summed E-state index contributed by atoms with van der Waals surface area (Å²) < 4.78 is 10.5. The summed E-state index contributed by atoms with van der Waals surface area (Å²) in [5, 5.41) is 0. The molecule has 1 saturated heterocycles. The van der Waals surface area contributed by atoms with E-state index in [1.54, 1.807) is 48.5 Å². The Bertz CT molecular complexity index is 1010. The summed E-state index contributed by atoms with van der Waals surface area (Å²) in [5.41, 5.74) is 0.879. The molecule has 6 nitrogen and oxygen atoms in total. The minimum absolute atomic E-state index is 0.127. The number of rotatable bonds is 4. The van der Waals surface area contributed by atoms with Crippen LogP contribution in [0.4, 0.5) is 5.69 Å². The predicted octanol–water partition coefficient (Wildman–Crippen LogP) is 3.23. The van der Waals surface area contributed by atoms with Crippen molar-refractivity contribution in [3.63, 3.8) is 0 Å². The third kappa shape index (κ3) is 2.75. The normalized spacial score (nSPS) is 26.7. The van der Waals surface area contributed by atoms with Crippen LogP contribution >= 0.6 is 0 Å². The average molecular weight is 389 g/mol. The van der Waals surface area contributed by atoms with E-state index in [-0.39, 0.29) is 35.5 Å². The highest BCUT2D eigenvalue weighted by Crippen LogP contribution is 2.53. The first-order valence-corrected chi connectivity index (χ1v) is 9.59. The van der Waals surface area contributed by atoms with Crippen LogP contribution in [0.1, 0.15) is 16.8 Å². The Morgan fingerprint density at radius 1 is 0.931 bits per heavy atom. The second-order valence-corrected chi connectivity index (χ2v) is 7.63. The molecule has 2 amide bonds. The predicted molar refractivity (Wildman–Crippen MR) is 105 cm³/mol. The maximum Gasteiger partial charge on any atom is 0.343 e. The molecule has 0 unspecified atom stereocenters. The maximum absolute atomic E-state index is 12.9. The van der Waals surface area contributed by atoms with E-state index in [4.69, 9.17) is 9.47 Å². The Labute approximate surface area is 167 Å². The van der Waals surface area contributed by atoms with Crippen molar-refractivity contribution in [1.29, 1.82) is 0 Å². The molecule has 0 aromatic heterocycles. The molecule has 1 aliphatic heterocycles. The third-order valence-electron chi connectivity index (χ3n) is 6.08. The third-order valence-corrected chi connectivity index (χ3v) is 6.08. The van der Waals surface area contributed by atoms with Gasteiger partial charge < -0.3 is 9.47 Å². The molecule has 5 rings (SSSR count). The largest absolute Gasteiger partial charge is 0.497 e. The van der Waals surface area contributed by atoms with E-state index >= 15 is 0 Å².